The first-order valence-corrected chi connectivity index (χ1v) is 8.89. The van der Waals surface area contributed by atoms with E-state index in [1.54, 1.807) is 10.7 Å². The first-order valence-electron chi connectivity index (χ1n) is 7.45. The monoisotopic (exact) mass is 321 g/mol. The van der Waals surface area contributed by atoms with Gasteiger partial charge in [0, 0.05) is 18.8 Å². The van der Waals surface area contributed by atoms with Gasteiger partial charge in [-0.05, 0) is 44.5 Å². The zero-order chi connectivity index (χ0) is 16.5. The summed E-state index contributed by atoms with van der Waals surface area (Å²) in [6, 6.07) is 7.31. The predicted octanol–water partition coefficient (Wildman–Crippen LogP) is 2.83. The smallest absolute Gasteiger partial charge is 0.236 e. The Bertz CT molecular complexity index is 775. The van der Waals surface area contributed by atoms with Gasteiger partial charge in [0.05, 0.1) is 11.4 Å². The van der Waals surface area contributed by atoms with Crippen molar-refractivity contribution in [1.29, 1.82) is 0 Å². The third-order valence-corrected chi connectivity index (χ3v) is 5.77. The van der Waals surface area contributed by atoms with E-state index in [0.717, 1.165) is 17.0 Å². The fourth-order valence-corrected chi connectivity index (χ4v) is 4.19. The first kappa shape index (κ1) is 16.7. The molecule has 0 radical (unpaired) electrons. The highest BCUT2D eigenvalue weighted by Crippen LogP contribution is 2.25. The molecular formula is C16H23N3O2S. The lowest BCUT2D eigenvalue weighted by molar-refractivity contribution is 0.444. The van der Waals surface area contributed by atoms with Crippen molar-refractivity contribution in [2.45, 2.75) is 39.5 Å². The molecule has 22 heavy (non-hydrogen) atoms. The van der Waals surface area contributed by atoms with Crippen LogP contribution in [0.1, 0.15) is 30.8 Å². The molecule has 0 amide bonds. The second kappa shape index (κ2) is 6.22. The van der Waals surface area contributed by atoms with Gasteiger partial charge in [-0.25, -0.2) is 13.1 Å². The van der Waals surface area contributed by atoms with Crippen LogP contribution in [0.5, 0.6) is 0 Å². The highest BCUT2D eigenvalue weighted by Gasteiger charge is 2.26. The molecule has 1 aromatic heterocycles. The third-order valence-electron chi connectivity index (χ3n) is 3.68. The Morgan fingerprint density at radius 2 is 1.73 bits per heavy atom. The van der Waals surface area contributed by atoms with Crippen molar-refractivity contribution < 1.29 is 8.42 Å². The van der Waals surface area contributed by atoms with E-state index in [1.807, 2.05) is 52.8 Å². The van der Waals surface area contributed by atoms with Crippen molar-refractivity contribution in [3.63, 3.8) is 0 Å². The fraction of sp³-hybridized carbons (Fsp3) is 0.438. The average Bonchev–Trinajstić information content (AvgIpc) is 2.78. The van der Waals surface area contributed by atoms with E-state index >= 15 is 0 Å². The largest absolute Gasteiger partial charge is 0.245 e. The summed E-state index contributed by atoms with van der Waals surface area (Å²) in [5, 5.41) is 4.44. The van der Waals surface area contributed by atoms with Gasteiger partial charge in [-0.3, -0.25) is 0 Å². The molecule has 0 bridgehead atoms. The van der Waals surface area contributed by atoms with Crippen LogP contribution in [0.15, 0.2) is 29.2 Å². The summed E-state index contributed by atoms with van der Waals surface area (Å²) >= 11 is 0. The van der Waals surface area contributed by atoms with Crippen molar-refractivity contribution >= 4 is 10.0 Å². The van der Waals surface area contributed by atoms with Crippen LogP contribution in [-0.4, -0.2) is 35.6 Å². The van der Waals surface area contributed by atoms with Crippen LogP contribution in [0.2, 0.25) is 0 Å². The van der Waals surface area contributed by atoms with Gasteiger partial charge >= 0.3 is 0 Å². The molecule has 0 aliphatic heterocycles. The number of hydrogen-bond acceptors (Lipinski definition) is 3. The number of hydrogen-bond donors (Lipinski definition) is 0. The normalized spacial score (nSPS) is 12.1. The Labute approximate surface area is 132 Å². The van der Waals surface area contributed by atoms with Crippen LogP contribution in [0, 0.1) is 20.8 Å². The summed E-state index contributed by atoms with van der Waals surface area (Å²) in [4.78, 5) is 0.299. The number of aromatic nitrogens is 2. The van der Waals surface area contributed by atoms with E-state index in [-0.39, 0.29) is 0 Å². The summed E-state index contributed by atoms with van der Waals surface area (Å²) in [6.45, 7) is 10.4. The summed E-state index contributed by atoms with van der Waals surface area (Å²) in [7, 11) is -3.53. The van der Waals surface area contributed by atoms with Gasteiger partial charge in [-0.15, -0.1) is 0 Å². The van der Waals surface area contributed by atoms with Crippen molar-refractivity contribution in [2.24, 2.45) is 0 Å². The van der Waals surface area contributed by atoms with Gasteiger partial charge in [-0.2, -0.15) is 9.40 Å². The molecule has 5 nitrogen and oxygen atoms in total. The highest BCUT2D eigenvalue weighted by atomic mass is 32.2. The van der Waals surface area contributed by atoms with Crippen LogP contribution in [0.3, 0.4) is 0 Å². The molecule has 120 valence electrons. The summed E-state index contributed by atoms with van der Waals surface area (Å²) in [5.41, 5.74) is 3.39. The molecule has 0 aliphatic carbocycles. The number of aryl methyl sites for hydroxylation is 3. The molecule has 0 saturated carbocycles. The lowest BCUT2D eigenvalue weighted by Crippen LogP contribution is -2.31. The van der Waals surface area contributed by atoms with Crippen LogP contribution in [-0.2, 0) is 10.0 Å². The molecule has 1 heterocycles. The average molecular weight is 321 g/mol. The summed E-state index contributed by atoms with van der Waals surface area (Å²) in [5.74, 6) is 0. The first-order chi connectivity index (χ1) is 10.3. The van der Waals surface area contributed by atoms with Gasteiger partial charge < -0.3 is 0 Å². The molecule has 0 saturated heterocycles. The van der Waals surface area contributed by atoms with Gasteiger partial charge in [0.15, 0.2) is 0 Å². The van der Waals surface area contributed by atoms with E-state index in [4.69, 9.17) is 0 Å². The molecule has 0 unspecified atom stereocenters. The van der Waals surface area contributed by atoms with Crippen LogP contribution in [0.4, 0.5) is 0 Å². The minimum absolute atomic E-state index is 0.299. The Balaban J connectivity index is 2.71. The lowest BCUT2D eigenvalue weighted by atomic mass is 10.2. The topological polar surface area (TPSA) is 55.2 Å². The molecule has 0 N–H and O–H groups in total. The van der Waals surface area contributed by atoms with E-state index < -0.39 is 10.0 Å². The predicted molar refractivity (Wildman–Crippen MR) is 87.9 cm³/mol. The SMILES string of the molecule is CCN(CC)S(=O)(=O)c1ccc(C)cc1-n1nc(C)cc1C. The molecular weight excluding hydrogens is 298 g/mol. The van der Waals surface area contributed by atoms with Crippen LogP contribution in [0.25, 0.3) is 5.69 Å². The summed E-state index contributed by atoms with van der Waals surface area (Å²) in [6.07, 6.45) is 0. The molecule has 0 atom stereocenters. The zero-order valence-corrected chi connectivity index (χ0v) is 14.6. The van der Waals surface area contributed by atoms with Crippen LogP contribution >= 0.6 is 0 Å². The van der Waals surface area contributed by atoms with Gasteiger partial charge in [0.2, 0.25) is 10.0 Å². The second-order valence-electron chi connectivity index (χ2n) is 5.40. The van der Waals surface area contributed by atoms with Crippen molar-refractivity contribution in [3.05, 3.63) is 41.2 Å². The number of sulfonamides is 1. The van der Waals surface area contributed by atoms with Gasteiger partial charge in [0.1, 0.15) is 4.90 Å². The maximum atomic E-state index is 12.9. The molecule has 2 rings (SSSR count). The fourth-order valence-electron chi connectivity index (χ4n) is 2.59. The Morgan fingerprint density at radius 3 is 2.23 bits per heavy atom. The summed E-state index contributed by atoms with van der Waals surface area (Å²) < 4.78 is 29.0. The number of rotatable bonds is 5. The second-order valence-corrected chi connectivity index (χ2v) is 7.31. The van der Waals surface area contributed by atoms with E-state index in [2.05, 4.69) is 5.10 Å². The maximum absolute atomic E-state index is 12.9. The molecule has 2 aromatic rings. The molecule has 0 spiro atoms. The van der Waals surface area contributed by atoms with Crippen molar-refractivity contribution in [2.75, 3.05) is 13.1 Å². The van der Waals surface area contributed by atoms with Gasteiger partial charge in [-0.1, -0.05) is 19.9 Å². The van der Waals surface area contributed by atoms with E-state index in [1.165, 1.54) is 4.31 Å². The van der Waals surface area contributed by atoms with Crippen molar-refractivity contribution in [3.8, 4) is 5.69 Å². The quantitative estimate of drug-likeness (QED) is 0.851. The van der Waals surface area contributed by atoms with Gasteiger partial charge in [0.25, 0.3) is 0 Å². The minimum atomic E-state index is -3.53. The number of benzene rings is 1. The van der Waals surface area contributed by atoms with Crippen LogP contribution < -0.4 is 0 Å². The molecule has 1 aromatic carbocycles. The molecule has 0 aliphatic rings. The Kier molecular flexibility index (Phi) is 4.72. The Morgan fingerprint density at radius 1 is 1.09 bits per heavy atom. The lowest BCUT2D eigenvalue weighted by Gasteiger charge is -2.21. The zero-order valence-electron chi connectivity index (χ0n) is 13.8. The molecule has 0 fully saturated rings. The Hall–Kier alpha value is -1.66. The number of nitrogens with zero attached hydrogens (tertiary/aromatic N) is 3. The minimum Gasteiger partial charge on any atom is -0.236 e. The van der Waals surface area contributed by atoms with E-state index in [0.29, 0.717) is 23.7 Å². The highest BCUT2D eigenvalue weighted by molar-refractivity contribution is 7.89. The standard InChI is InChI=1S/C16H23N3O2S/c1-6-18(7-2)22(20,21)16-9-8-12(3)10-15(16)19-14(5)11-13(4)17-19/h8-11H,6-7H2,1-5H3. The third kappa shape index (κ3) is 2.94. The molecule has 6 heteroatoms. The van der Waals surface area contributed by atoms with E-state index in [9.17, 15) is 8.42 Å². The maximum Gasteiger partial charge on any atom is 0.245 e. The van der Waals surface area contributed by atoms with Crippen molar-refractivity contribution in [1.82, 2.24) is 14.1 Å².